The quantitative estimate of drug-likeness (QED) is 0.243. The Kier molecular flexibility index (Phi) is 36700. The topological polar surface area (TPSA) is 428 Å². The average Bonchev–Trinajstić information content (AvgIpc) is 0. The molecule has 0 aliphatic heterocycles. The van der Waals surface area contributed by atoms with E-state index in [-0.39, 0.29) is 240 Å². The third-order valence-corrected chi connectivity index (χ3v) is 0. The van der Waals surface area contributed by atoms with Crippen molar-refractivity contribution in [3.05, 3.63) is 0 Å². The minimum atomic E-state index is 0. The molecule has 0 saturated carbocycles. The summed E-state index contributed by atoms with van der Waals surface area (Å²) in [6.45, 7) is 0. The Hall–Kier alpha value is 4.44. The first-order valence-electron chi connectivity index (χ1n) is 0. The van der Waals surface area contributed by atoms with Gasteiger partial charge < -0.3 is 82.1 Å². The van der Waals surface area contributed by atoms with Crippen molar-refractivity contribution < 1.29 is 240 Å². The molecule has 0 aromatic heterocycles. The molecule has 140 valence electrons. The summed E-state index contributed by atoms with van der Waals surface area (Å²) in [5, 5.41) is 0. The Balaban J connectivity index is 0. The van der Waals surface area contributed by atoms with Gasteiger partial charge in [0.15, 0.2) is 0 Å². The molecule has 0 saturated heterocycles. The number of hydrogen-bond donors (Lipinski definition) is 0. The third-order valence-electron chi connectivity index (χ3n) is 0. The molecular weight excluding hydrogens is 1010 g/mol. The zero-order chi connectivity index (χ0) is 0. The maximum Gasteiger partial charge on any atom is 5.00 e. The predicted molar refractivity (Wildman–Crippen MR) is 10.3 cm³/mol. The Bertz CT molecular complexity index is 37.4. The van der Waals surface area contributed by atoms with Crippen LogP contribution >= 0.6 is 0 Å². The summed E-state index contributed by atoms with van der Waals surface area (Å²) in [4.78, 5) is 0. The van der Waals surface area contributed by atoms with Crippen molar-refractivity contribution in [2.75, 3.05) is 0 Å². The summed E-state index contributed by atoms with van der Waals surface area (Å²) < 4.78 is 0. The van der Waals surface area contributed by atoms with E-state index >= 15 is 0 Å². The monoisotopic (exact) mass is 1010 g/mol. The van der Waals surface area contributed by atoms with E-state index in [1.807, 2.05) is 0 Å². The molecule has 0 unspecified atom stereocenters. The van der Waals surface area contributed by atoms with Crippen LogP contribution in [0.4, 0.5) is 0 Å². The van der Waals surface area contributed by atoms with Gasteiger partial charge in [0.1, 0.15) is 0 Å². The fourth-order valence-corrected chi connectivity index (χ4v) is 0. The molecule has 4 radical (unpaired) electrons. The second kappa shape index (κ2) is 868. The van der Waals surface area contributed by atoms with Gasteiger partial charge in [-0.3, -0.25) is 0 Å². The molecule has 23 heavy (non-hydrogen) atoms. The first kappa shape index (κ1) is 973. The van der Waals surface area contributed by atoms with Crippen molar-refractivity contribution in [1.29, 1.82) is 0 Å². The molecule has 0 spiro atoms. The van der Waals surface area contributed by atoms with E-state index in [2.05, 4.69) is 0 Å². The van der Waals surface area contributed by atoms with Gasteiger partial charge in [-0.1, -0.05) is 0 Å². The van der Waals surface area contributed by atoms with Crippen LogP contribution in [0.2, 0.25) is 0 Å². The summed E-state index contributed by atoms with van der Waals surface area (Å²) in [7, 11) is 0. The fourth-order valence-electron chi connectivity index (χ4n) is 0. The van der Waals surface area contributed by atoms with Crippen LogP contribution in [0.25, 0.3) is 0 Å². The number of rotatable bonds is 0. The molecule has 0 amide bonds. The summed E-state index contributed by atoms with van der Waals surface area (Å²) in [6.07, 6.45) is 0. The van der Waals surface area contributed by atoms with Crippen molar-refractivity contribution >= 4 is 0 Å². The van der Waals surface area contributed by atoms with Crippen LogP contribution in [0.1, 0.15) is 0 Å². The maximum atomic E-state index is 0. The molecule has 0 aliphatic rings. The summed E-state index contributed by atoms with van der Waals surface area (Å²) in [5.74, 6) is 0. The van der Waals surface area contributed by atoms with Gasteiger partial charge in [-0.25, -0.2) is 0 Å². The van der Waals surface area contributed by atoms with Gasteiger partial charge in [0, 0.05) is 0 Å². The zero-order valence-electron chi connectivity index (χ0n) is 9.38. The van der Waals surface area contributed by atoms with Crippen molar-refractivity contribution in [2.45, 2.75) is 0 Å². The van der Waals surface area contributed by atoms with Crippen molar-refractivity contribution in [3.8, 4) is 0 Å². The Morgan fingerprint density at radius 3 is 0.217 bits per heavy atom. The normalized spacial score (nSPS) is 0. The molecular formula is Fe2Mn2Nb2O15Ta2. The van der Waals surface area contributed by atoms with Crippen LogP contribution in [-0.2, 0) is 240 Å². The van der Waals surface area contributed by atoms with Crippen LogP contribution in [-0.4, -0.2) is 0 Å². The van der Waals surface area contributed by atoms with Crippen LogP contribution in [0, 0.1) is 0 Å². The minimum absolute atomic E-state index is 0. The van der Waals surface area contributed by atoms with Gasteiger partial charge in [-0.15, -0.1) is 0 Å². The Morgan fingerprint density at radius 1 is 0.217 bits per heavy atom. The second-order valence-corrected chi connectivity index (χ2v) is 0. The standard InChI is InChI=1S/2Fe.2Mn.2Nb.15O.2Ta/q2*+3;2*+2;2*+5;15*-2;2*+5. The maximum absolute atomic E-state index is 0. The molecule has 0 bridgehead atoms. The van der Waals surface area contributed by atoms with Gasteiger partial charge in [0.2, 0.25) is 0 Å². The first-order valence-corrected chi connectivity index (χ1v) is 0. The van der Waals surface area contributed by atoms with Gasteiger partial charge in [0.05, 0.1) is 0 Å². The summed E-state index contributed by atoms with van der Waals surface area (Å²) in [6, 6.07) is 0. The minimum Gasteiger partial charge on any atom is -2.00 e. The first-order chi connectivity index (χ1) is 0. The molecule has 0 N–H and O–H groups in total. The molecule has 0 atom stereocenters. The van der Waals surface area contributed by atoms with Crippen LogP contribution < -0.4 is 0 Å². The van der Waals surface area contributed by atoms with Crippen LogP contribution in [0.5, 0.6) is 0 Å². The van der Waals surface area contributed by atoms with Crippen molar-refractivity contribution in [2.24, 2.45) is 0 Å². The van der Waals surface area contributed by atoms with E-state index in [1.54, 1.807) is 0 Å². The van der Waals surface area contributed by atoms with Crippen LogP contribution in [0.15, 0.2) is 0 Å². The zero-order valence-corrected chi connectivity index (χ0v) is 24.8. The van der Waals surface area contributed by atoms with Crippen molar-refractivity contribution in [3.63, 3.8) is 0 Å². The predicted octanol–water partition coefficient (Wildman–Crippen LogP) is -1.80. The van der Waals surface area contributed by atoms with E-state index < -0.39 is 0 Å². The Morgan fingerprint density at radius 2 is 0.217 bits per heavy atom. The van der Waals surface area contributed by atoms with Gasteiger partial charge in [-0.05, 0) is 0 Å². The van der Waals surface area contributed by atoms with E-state index in [0.717, 1.165) is 0 Å². The molecule has 0 aromatic rings. The van der Waals surface area contributed by atoms with Gasteiger partial charge in [0.25, 0.3) is 0 Å². The summed E-state index contributed by atoms with van der Waals surface area (Å²) in [5.41, 5.74) is 0. The largest absolute Gasteiger partial charge is 5.00 e. The average molecular weight is 1010 g/mol. The van der Waals surface area contributed by atoms with E-state index in [0.29, 0.717) is 0 Å². The molecule has 15 nitrogen and oxygen atoms in total. The molecule has 23 heteroatoms. The van der Waals surface area contributed by atoms with E-state index in [9.17, 15) is 0 Å². The summed E-state index contributed by atoms with van der Waals surface area (Å²) >= 11 is 0. The number of hydrogen-bond acceptors (Lipinski definition) is 0. The van der Waals surface area contributed by atoms with Gasteiger partial charge in [-0.2, -0.15) is 0 Å². The van der Waals surface area contributed by atoms with Crippen LogP contribution in [0.3, 0.4) is 0 Å². The molecule has 0 heterocycles. The fraction of sp³-hybridized carbons (Fsp3) is 0. The van der Waals surface area contributed by atoms with Gasteiger partial charge >= 0.3 is 158 Å². The van der Waals surface area contributed by atoms with Crippen molar-refractivity contribution in [1.82, 2.24) is 0 Å². The molecule has 0 fully saturated rings. The second-order valence-electron chi connectivity index (χ2n) is 0. The molecule has 0 aromatic carbocycles. The Labute approximate surface area is 236 Å². The van der Waals surface area contributed by atoms with E-state index in [1.165, 1.54) is 0 Å². The molecule has 0 rings (SSSR count). The SMILES string of the molecule is [Fe+3].[Fe+3].[Mn+2].[Mn+2].[Nb+5].[Nb+5].[O-2].[O-2].[O-2].[O-2].[O-2].[O-2].[O-2].[O-2].[O-2].[O-2].[O-2].[O-2].[O-2].[O-2].[O-2].[Ta+5].[Ta+5]. The third kappa shape index (κ3) is 801. The van der Waals surface area contributed by atoms with E-state index in [4.69, 9.17) is 0 Å². The molecule has 0 aliphatic carbocycles. The smallest absolute Gasteiger partial charge is 2.00 e.